The minimum atomic E-state index is -0.510. The third-order valence-electron chi connectivity index (χ3n) is 4.93. The first-order chi connectivity index (χ1) is 16.0. The third-order valence-corrected chi connectivity index (χ3v) is 6.02. The summed E-state index contributed by atoms with van der Waals surface area (Å²) < 4.78 is 7.48. The summed E-state index contributed by atoms with van der Waals surface area (Å²) in [5.74, 6) is -0.510. The van der Waals surface area contributed by atoms with E-state index in [4.69, 9.17) is 4.74 Å². The van der Waals surface area contributed by atoms with E-state index in [1.165, 1.54) is 4.57 Å². The highest BCUT2D eigenvalue weighted by Crippen LogP contribution is 2.13. The Morgan fingerprint density at radius 2 is 2.03 bits per heavy atom. The minimum Gasteiger partial charge on any atom is -0.382 e. The maximum absolute atomic E-state index is 13.5. The van der Waals surface area contributed by atoms with Crippen molar-refractivity contribution in [1.29, 1.82) is 5.26 Å². The first kappa shape index (κ1) is 24.1. The lowest BCUT2D eigenvalue weighted by Gasteiger charge is -2.09. The van der Waals surface area contributed by atoms with Crippen molar-refractivity contribution in [3.63, 3.8) is 0 Å². The van der Waals surface area contributed by atoms with Crippen LogP contribution < -0.4 is 20.1 Å². The van der Waals surface area contributed by atoms with Gasteiger partial charge in [-0.25, -0.2) is 0 Å². The van der Waals surface area contributed by atoms with Crippen molar-refractivity contribution in [2.24, 2.45) is 0 Å². The predicted octanol–water partition coefficient (Wildman–Crippen LogP) is 1.96. The van der Waals surface area contributed by atoms with E-state index in [1.54, 1.807) is 30.6 Å². The van der Waals surface area contributed by atoms with Crippen LogP contribution in [0, 0.1) is 25.2 Å². The molecule has 2 heterocycles. The van der Waals surface area contributed by atoms with Gasteiger partial charge in [0.15, 0.2) is 5.57 Å². The Morgan fingerprint density at radius 3 is 2.70 bits per heavy atom. The van der Waals surface area contributed by atoms with Crippen LogP contribution in [0.1, 0.15) is 30.0 Å². The normalized spacial score (nSPS) is 12.4. The molecule has 0 atom stereocenters. The van der Waals surface area contributed by atoms with Crippen LogP contribution in [0.25, 0.3) is 17.3 Å². The molecule has 3 rings (SSSR count). The highest BCUT2D eigenvalue weighted by Gasteiger charge is 2.17. The molecule has 0 unspecified atom stereocenters. The monoisotopic (exact) mass is 462 g/mol. The Bertz CT molecular complexity index is 1350. The zero-order valence-corrected chi connectivity index (χ0v) is 19.7. The first-order valence-electron chi connectivity index (χ1n) is 10.7. The van der Waals surface area contributed by atoms with Crippen LogP contribution in [0.2, 0.25) is 0 Å². The van der Waals surface area contributed by atoms with E-state index in [9.17, 15) is 14.9 Å². The van der Waals surface area contributed by atoms with Crippen molar-refractivity contribution in [1.82, 2.24) is 14.9 Å². The number of aryl methyl sites for hydroxylation is 2. The Kier molecular flexibility index (Phi) is 8.30. The molecule has 1 amide bonds. The Balaban J connectivity index is 2.19. The van der Waals surface area contributed by atoms with Crippen molar-refractivity contribution in [2.75, 3.05) is 19.8 Å². The van der Waals surface area contributed by atoms with Gasteiger partial charge in [0.05, 0.1) is 10.2 Å². The predicted molar refractivity (Wildman–Crippen MR) is 130 cm³/mol. The molecule has 0 saturated carbocycles. The number of nitrogens with zero attached hydrogens (tertiary/aromatic N) is 3. The molecule has 8 heteroatoms. The molecule has 1 aromatic carbocycles. The second-order valence-corrected chi connectivity index (χ2v) is 8.45. The van der Waals surface area contributed by atoms with E-state index >= 15 is 0 Å². The van der Waals surface area contributed by atoms with E-state index in [0.29, 0.717) is 41.1 Å². The number of amides is 1. The van der Waals surface area contributed by atoms with Gasteiger partial charge in [-0.05, 0) is 62.6 Å². The highest BCUT2D eigenvalue weighted by molar-refractivity contribution is 7.07. The van der Waals surface area contributed by atoms with Gasteiger partial charge in [0.2, 0.25) is 0 Å². The van der Waals surface area contributed by atoms with Crippen LogP contribution in [0.3, 0.4) is 0 Å². The molecule has 0 saturated heterocycles. The Morgan fingerprint density at radius 1 is 1.27 bits per heavy atom. The van der Waals surface area contributed by atoms with Crippen LogP contribution in [-0.2, 0) is 9.53 Å². The minimum absolute atomic E-state index is 0.0946. The lowest BCUT2D eigenvalue weighted by molar-refractivity contribution is -0.115. The summed E-state index contributed by atoms with van der Waals surface area (Å²) in [5.41, 5.74) is 3.01. The lowest BCUT2D eigenvalue weighted by Crippen LogP contribution is -2.34. The molecule has 0 aliphatic heterocycles. The molecule has 0 spiro atoms. The molecule has 2 aromatic heterocycles. The molecule has 0 aliphatic rings. The molecule has 3 aromatic rings. The number of nitrogens with one attached hydrogen (secondary N) is 1. The van der Waals surface area contributed by atoms with Gasteiger partial charge in [0, 0.05) is 32.2 Å². The van der Waals surface area contributed by atoms with E-state index in [2.05, 4.69) is 10.3 Å². The first-order valence-corrected chi connectivity index (χ1v) is 11.5. The van der Waals surface area contributed by atoms with Crippen LogP contribution in [-0.4, -0.2) is 35.2 Å². The van der Waals surface area contributed by atoms with Gasteiger partial charge >= 0.3 is 0 Å². The lowest BCUT2D eigenvalue weighted by atomic mass is 10.1. The molecule has 33 heavy (non-hydrogen) atoms. The number of ether oxygens (including phenoxy) is 1. The van der Waals surface area contributed by atoms with Gasteiger partial charge < -0.3 is 10.1 Å². The SMILES string of the molecule is CCOCCCNC(=O)/C(C#N)=c1\s/c(=C\c2ccncc2)c(=O)n1-c1ccc(C)cc1C. The molecule has 0 aliphatic carbocycles. The topological polar surface area (TPSA) is 97.0 Å². The van der Waals surface area contributed by atoms with Crippen molar-refractivity contribution >= 4 is 28.9 Å². The Hall–Kier alpha value is -3.54. The highest BCUT2D eigenvalue weighted by atomic mass is 32.1. The van der Waals surface area contributed by atoms with Gasteiger partial charge in [-0.15, -0.1) is 11.3 Å². The fourth-order valence-corrected chi connectivity index (χ4v) is 4.44. The number of benzene rings is 1. The van der Waals surface area contributed by atoms with Gasteiger partial charge in [-0.3, -0.25) is 19.1 Å². The number of carbonyl (C=O) groups excluding carboxylic acids is 1. The zero-order valence-electron chi connectivity index (χ0n) is 18.9. The number of pyridine rings is 1. The second-order valence-electron chi connectivity index (χ2n) is 7.42. The molecule has 0 radical (unpaired) electrons. The van der Waals surface area contributed by atoms with Gasteiger partial charge in [-0.2, -0.15) is 5.26 Å². The van der Waals surface area contributed by atoms with Crippen molar-refractivity contribution in [2.45, 2.75) is 27.2 Å². The quantitative estimate of drug-likeness (QED) is 0.516. The number of rotatable bonds is 8. The summed E-state index contributed by atoms with van der Waals surface area (Å²) in [4.78, 5) is 30.3. The number of carbonyl (C=O) groups is 1. The number of hydrogen-bond acceptors (Lipinski definition) is 6. The fourth-order valence-electron chi connectivity index (χ4n) is 3.34. The van der Waals surface area contributed by atoms with E-state index in [-0.39, 0.29) is 11.1 Å². The van der Waals surface area contributed by atoms with Crippen LogP contribution in [0.4, 0.5) is 0 Å². The zero-order chi connectivity index (χ0) is 23.8. The summed E-state index contributed by atoms with van der Waals surface area (Å²) in [5, 5.41) is 12.6. The number of nitriles is 1. The van der Waals surface area contributed by atoms with Crippen LogP contribution in [0.15, 0.2) is 47.5 Å². The van der Waals surface area contributed by atoms with E-state index < -0.39 is 5.91 Å². The third kappa shape index (κ3) is 5.83. The molecule has 1 N–H and O–H groups in total. The van der Waals surface area contributed by atoms with Gasteiger partial charge in [-0.1, -0.05) is 17.7 Å². The molecule has 170 valence electrons. The fraction of sp³-hybridized carbons (Fsp3) is 0.280. The van der Waals surface area contributed by atoms with Gasteiger partial charge in [0.25, 0.3) is 11.5 Å². The summed E-state index contributed by atoms with van der Waals surface area (Å²) in [6.45, 7) is 7.29. The summed E-state index contributed by atoms with van der Waals surface area (Å²) >= 11 is 1.13. The number of hydrogen-bond donors (Lipinski definition) is 1. The number of aromatic nitrogens is 2. The van der Waals surface area contributed by atoms with Crippen molar-refractivity contribution in [3.8, 4) is 11.8 Å². The van der Waals surface area contributed by atoms with Crippen molar-refractivity contribution < 1.29 is 9.53 Å². The maximum atomic E-state index is 13.5. The van der Waals surface area contributed by atoms with Gasteiger partial charge in [0.1, 0.15) is 10.7 Å². The molecule has 0 bridgehead atoms. The largest absolute Gasteiger partial charge is 0.382 e. The maximum Gasteiger partial charge on any atom is 0.273 e. The molecule has 7 nitrogen and oxygen atoms in total. The van der Waals surface area contributed by atoms with Crippen molar-refractivity contribution in [3.05, 3.63) is 79.0 Å². The summed E-state index contributed by atoms with van der Waals surface area (Å²) in [6.07, 6.45) is 5.66. The van der Waals surface area contributed by atoms with E-state index in [1.807, 2.05) is 45.0 Å². The summed E-state index contributed by atoms with van der Waals surface area (Å²) in [7, 11) is 0. The summed E-state index contributed by atoms with van der Waals surface area (Å²) in [6, 6.07) is 11.3. The van der Waals surface area contributed by atoms with E-state index in [0.717, 1.165) is 28.0 Å². The second kappa shape index (κ2) is 11.4. The molecular formula is C25H26N4O3S. The number of thiazole rings is 1. The van der Waals surface area contributed by atoms with Crippen LogP contribution >= 0.6 is 11.3 Å². The average Bonchev–Trinajstić information content (AvgIpc) is 3.10. The average molecular weight is 463 g/mol. The van der Waals surface area contributed by atoms with Crippen LogP contribution in [0.5, 0.6) is 0 Å². The standard InChI is InChI=1S/C25H26N4O3S/c1-4-32-13-5-10-28-23(30)20(16-26)25-29(21-7-6-17(2)14-18(21)3)24(31)22(33-25)15-19-8-11-27-12-9-19/h6-9,11-12,14-15H,4-5,10,13H2,1-3H3,(H,28,30)/b22-15-,25-20-. The Labute approximate surface area is 196 Å². The smallest absolute Gasteiger partial charge is 0.273 e. The molecule has 0 fully saturated rings. The molecular weight excluding hydrogens is 436 g/mol.